The zero-order chi connectivity index (χ0) is 21.4. The molecule has 2 saturated carbocycles. The molecule has 0 atom stereocenters. The molecule has 5 nitrogen and oxygen atoms in total. The van der Waals surface area contributed by atoms with Gasteiger partial charge in [-0.1, -0.05) is 12.1 Å². The van der Waals surface area contributed by atoms with E-state index in [0.29, 0.717) is 37.2 Å². The number of carbonyl (C=O) groups is 2. The van der Waals surface area contributed by atoms with Gasteiger partial charge in [-0.25, -0.2) is 9.18 Å². The molecule has 2 heterocycles. The number of aromatic nitrogens is 1. The van der Waals surface area contributed by atoms with Gasteiger partial charge < -0.3 is 10.1 Å². The van der Waals surface area contributed by atoms with E-state index < -0.39 is 5.60 Å². The van der Waals surface area contributed by atoms with Crippen molar-refractivity contribution in [3.05, 3.63) is 65.2 Å². The Hall–Kier alpha value is -2.76. The van der Waals surface area contributed by atoms with Gasteiger partial charge in [0.15, 0.2) is 5.60 Å². The summed E-state index contributed by atoms with van der Waals surface area (Å²) < 4.78 is 19.2. The van der Waals surface area contributed by atoms with E-state index in [4.69, 9.17) is 4.74 Å². The predicted octanol–water partition coefficient (Wildman–Crippen LogP) is 4.62. The molecule has 2 aliphatic carbocycles. The first-order valence-electron chi connectivity index (χ1n) is 11.3. The highest BCUT2D eigenvalue weighted by molar-refractivity contribution is 5.94. The molecule has 0 bridgehead atoms. The molecule has 1 aliphatic heterocycles. The van der Waals surface area contributed by atoms with E-state index in [2.05, 4.69) is 10.3 Å². The van der Waals surface area contributed by atoms with Crippen LogP contribution in [0.25, 0.3) is 0 Å². The summed E-state index contributed by atoms with van der Waals surface area (Å²) >= 11 is 0. The number of carbonyl (C=O) groups excluding carboxylic acids is 2. The average molecular weight is 423 g/mol. The van der Waals surface area contributed by atoms with Crippen LogP contribution in [0.3, 0.4) is 0 Å². The maximum absolute atomic E-state index is 13.5. The zero-order valence-electron chi connectivity index (χ0n) is 17.5. The molecular weight excluding hydrogens is 395 g/mol. The number of fused-ring (bicyclic) bond motifs is 2. The molecule has 162 valence electrons. The number of benzene rings is 1. The number of hydrogen-bond donors (Lipinski definition) is 1. The summed E-state index contributed by atoms with van der Waals surface area (Å²) in [5.74, 6) is -0.0783. The third-order valence-electron chi connectivity index (χ3n) is 7.30. The van der Waals surface area contributed by atoms with Crippen molar-refractivity contribution in [3.8, 4) is 0 Å². The molecule has 0 saturated heterocycles. The Balaban J connectivity index is 1.14. The first kappa shape index (κ1) is 20.2. The number of nitrogens with zero attached hydrogens (tertiary/aromatic N) is 1. The van der Waals surface area contributed by atoms with E-state index in [1.54, 1.807) is 30.5 Å². The average Bonchev–Trinajstić information content (AvgIpc) is 3.06. The van der Waals surface area contributed by atoms with Crippen LogP contribution in [0.15, 0.2) is 42.6 Å². The van der Waals surface area contributed by atoms with Crippen molar-refractivity contribution in [2.45, 2.75) is 68.9 Å². The number of rotatable bonds is 3. The molecule has 3 aliphatic rings. The van der Waals surface area contributed by atoms with E-state index >= 15 is 0 Å². The van der Waals surface area contributed by atoms with Crippen LogP contribution in [0.1, 0.15) is 78.9 Å². The van der Waals surface area contributed by atoms with Crippen molar-refractivity contribution in [2.24, 2.45) is 5.92 Å². The Morgan fingerprint density at radius 1 is 1.06 bits per heavy atom. The number of esters is 1. The van der Waals surface area contributed by atoms with Crippen LogP contribution in [0.4, 0.5) is 4.39 Å². The number of pyridine rings is 1. The molecule has 1 N–H and O–H groups in total. The van der Waals surface area contributed by atoms with Crippen LogP contribution in [0, 0.1) is 11.7 Å². The lowest BCUT2D eigenvalue weighted by atomic mass is 9.76. The number of halogens is 1. The fourth-order valence-corrected chi connectivity index (χ4v) is 5.55. The van der Waals surface area contributed by atoms with Crippen molar-refractivity contribution in [3.63, 3.8) is 0 Å². The lowest BCUT2D eigenvalue weighted by Gasteiger charge is -2.36. The van der Waals surface area contributed by atoms with Crippen molar-refractivity contribution in [1.29, 1.82) is 0 Å². The lowest BCUT2D eigenvalue weighted by Crippen LogP contribution is -2.43. The predicted molar refractivity (Wildman–Crippen MR) is 113 cm³/mol. The topological polar surface area (TPSA) is 68.3 Å². The van der Waals surface area contributed by atoms with Crippen LogP contribution >= 0.6 is 0 Å². The SMILES string of the molecule is O=C1O[C@]2(CC[C@@H](C(=O)N[C@H]3CC[C@H](c4cccc(F)c4)CC3)CC2)c2ncccc21. The summed E-state index contributed by atoms with van der Waals surface area (Å²) in [4.78, 5) is 29.5. The molecule has 6 heteroatoms. The van der Waals surface area contributed by atoms with Gasteiger partial charge in [0.25, 0.3) is 0 Å². The second kappa shape index (κ2) is 8.06. The zero-order valence-corrected chi connectivity index (χ0v) is 17.5. The summed E-state index contributed by atoms with van der Waals surface area (Å²) in [6, 6.07) is 10.6. The molecule has 1 aromatic heterocycles. The molecule has 0 radical (unpaired) electrons. The summed E-state index contributed by atoms with van der Waals surface area (Å²) in [7, 11) is 0. The second-order valence-corrected chi connectivity index (χ2v) is 9.17. The Kier molecular flexibility index (Phi) is 5.24. The molecule has 31 heavy (non-hydrogen) atoms. The Bertz CT molecular complexity index is 992. The van der Waals surface area contributed by atoms with E-state index in [0.717, 1.165) is 36.9 Å². The van der Waals surface area contributed by atoms with Gasteiger partial charge in [0.2, 0.25) is 5.91 Å². The summed E-state index contributed by atoms with van der Waals surface area (Å²) in [5, 5.41) is 3.24. The van der Waals surface area contributed by atoms with Crippen LogP contribution < -0.4 is 5.32 Å². The van der Waals surface area contributed by atoms with Gasteiger partial charge >= 0.3 is 5.97 Å². The molecule has 1 spiro atoms. The monoisotopic (exact) mass is 422 g/mol. The highest BCUT2D eigenvalue weighted by Crippen LogP contribution is 2.47. The van der Waals surface area contributed by atoms with Crippen LogP contribution in [0.2, 0.25) is 0 Å². The van der Waals surface area contributed by atoms with Gasteiger partial charge in [0, 0.05) is 18.2 Å². The van der Waals surface area contributed by atoms with Crippen molar-refractivity contribution < 1.29 is 18.7 Å². The first-order chi connectivity index (χ1) is 15.0. The largest absolute Gasteiger partial charge is 0.449 e. The van der Waals surface area contributed by atoms with Gasteiger partial charge in [0.05, 0.1) is 11.3 Å². The third-order valence-corrected chi connectivity index (χ3v) is 7.30. The van der Waals surface area contributed by atoms with Gasteiger partial charge in [0.1, 0.15) is 5.82 Å². The number of hydrogen-bond acceptors (Lipinski definition) is 4. The second-order valence-electron chi connectivity index (χ2n) is 9.17. The van der Waals surface area contributed by atoms with Gasteiger partial charge in [-0.05, 0) is 87.1 Å². The Morgan fingerprint density at radius 3 is 2.58 bits per heavy atom. The van der Waals surface area contributed by atoms with E-state index in [9.17, 15) is 14.0 Å². The highest BCUT2D eigenvalue weighted by atomic mass is 19.1. The number of nitrogens with one attached hydrogen (secondary N) is 1. The van der Waals surface area contributed by atoms with E-state index in [1.807, 2.05) is 6.07 Å². The smallest absolute Gasteiger partial charge is 0.341 e. The van der Waals surface area contributed by atoms with Crippen LogP contribution in [-0.4, -0.2) is 22.9 Å². The van der Waals surface area contributed by atoms with E-state index in [1.165, 1.54) is 6.07 Å². The Labute approximate surface area is 181 Å². The van der Waals surface area contributed by atoms with Gasteiger partial charge in [-0.15, -0.1) is 0 Å². The molecule has 5 rings (SSSR count). The molecular formula is C25H27FN2O3. The third kappa shape index (κ3) is 3.84. The van der Waals surface area contributed by atoms with Gasteiger partial charge in [-0.3, -0.25) is 9.78 Å². The fraction of sp³-hybridized carbons (Fsp3) is 0.480. The quantitative estimate of drug-likeness (QED) is 0.733. The van der Waals surface area contributed by atoms with Gasteiger partial charge in [-0.2, -0.15) is 0 Å². The normalized spacial score (nSPS) is 30.0. The maximum Gasteiger partial charge on any atom is 0.341 e. The molecule has 2 fully saturated rings. The number of ether oxygens (including phenoxy) is 1. The van der Waals surface area contributed by atoms with Crippen molar-refractivity contribution >= 4 is 11.9 Å². The van der Waals surface area contributed by atoms with Crippen molar-refractivity contribution in [2.75, 3.05) is 0 Å². The fourth-order valence-electron chi connectivity index (χ4n) is 5.55. The maximum atomic E-state index is 13.5. The molecule has 2 aromatic rings. The molecule has 1 aromatic carbocycles. The molecule has 1 amide bonds. The van der Waals surface area contributed by atoms with Crippen LogP contribution in [0.5, 0.6) is 0 Å². The first-order valence-corrected chi connectivity index (χ1v) is 11.3. The molecule has 0 unspecified atom stereocenters. The summed E-state index contributed by atoms with van der Waals surface area (Å²) in [5.41, 5.74) is 1.69. The minimum absolute atomic E-state index is 0.0574. The van der Waals surface area contributed by atoms with Crippen LogP contribution in [-0.2, 0) is 15.1 Å². The summed E-state index contributed by atoms with van der Waals surface area (Å²) in [6.07, 6.45) is 8.08. The number of amides is 1. The Morgan fingerprint density at radius 2 is 1.84 bits per heavy atom. The van der Waals surface area contributed by atoms with E-state index in [-0.39, 0.29) is 29.7 Å². The highest BCUT2D eigenvalue weighted by Gasteiger charge is 2.49. The summed E-state index contributed by atoms with van der Waals surface area (Å²) in [6.45, 7) is 0. The van der Waals surface area contributed by atoms with Crippen molar-refractivity contribution in [1.82, 2.24) is 10.3 Å². The minimum atomic E-state index is -0.659. The standard InChI is InChI=1S/C25H27FN2O3/c26-19-4-1-3-18(15-19)16-6-8-20(9-7-16)28-23(29)17-10-12-25(13-11-17)22-21(24(30)31-25)5-2-14-27-22/h1-5,14-17,20H,6-13H2,(H,28,29)/t16-,17-,20-,25+. The minimum Gasteiger partial charge on any atom is -0.449 e. The lowest BCUT2D eigenvalue weighted by molar-refractivity contribution is -0.129.